The Morgan fingerprint density at radius 2 is 2.23 bits per heavy atom. The van der Waals surface area contributed by atoms with Crippen molar-refractivity contribution >= 4 is 5.97 Å². The van der Waals surface area contributed by atoms with Crippen LogP contribution in [0.25, 0.3) is 0 Å². The van der Waals surface area contributed by atoms with Crippen LogP contribution in [0.2, 0.25) is 0 Å². The van der Waals surface area contributed by atoms with Gasteiger partial charge in [-0.05, 0) is 13.3 Å². The molecule has 5 heteroatoms. The average Bonchev–Trinajstić information content (AvgIpc) is 2.13. The zero-order valence-corrected chi connectivity index (χ0v) is 8.08. The maximum atomic E-state index is 10.4. The predicted molar refractivity (Wildman–Crippen MR) is 49.4 cm³/mol. The molecular formula is C8H18N2O3. The highest BCUT2D eigenvalue weighted by Crippen LogP contribution is 2.06. The monoisotopic (exact) mass is 190 g/mol. The van der Waals surface area contributed by atoms with Gasteiger partial charge in [-0.2, -0.15) is 0 Å². The zero-order chi connectivity index (χ0) is 10.5. The van der Waals surface area contributed by atoms with E-state index in [4.69, 9.17) is 15.9 Å². The third-order valence-corrected chi connectivity index (χ3v) is 2.20. The Hall–Kier alpha value is -0.650. The third kappa shape index (κ3) is 4.21. The first-order chi connectivity index (χ1) is 5.95. The number of hydrogen-bond donors (Lipinski definition) is 4. The first-order valence-corrected chi connectivity index (χ1v) is 4.29. The number of aliphatic hydroxyl groups is 1. The van der Waals surface area contributed by atoms with Crippen LogP contribution in [0.4, 0.5) is 0 Å². The quantitative estimate of drug-likeness (QED) is 0.437. The smallest absolute Gasteiger partial charge is 0.321 e. The summed E-state index contributed by atoms with van der Waals surface area (Å²) in [7, 11) is 0. The average molecular weight is 190 g/mol. The number of carboxylic acids is 1. The fourth-order valence-electron chi connectivity index (χ4n) is 0.736. The Morgan fingerprint density at radius 1 is 1.69 bits per heavy atom. The van der Waals surface area contributed by atoms with Crippen molar-refractivity contribution in [2.24, 2.45) is 5.73 Å². The number of nitrogens with two attached hydrogens (primary N) is 1. The second-order valence-electron chi connectivity index (χ2n) is 3.40. The zero-order valence-electron chi connectivity index (χ0n) is 8.08. The van der Waals surface area contributed by atoms with Crippen LogP contribution in [0.1, 0.15) is 20.3 Å². The third-order valence-electron chi connectivity index (χ3n) is 2.20. The van der Waals surface area contributed by atoms with Crippen LogP contribution in [-0.2, 0) is 4.79 Å². The Balaban J connectivity index is 3.92. The van der Waals surface area contributed by atoms with E-state index >= 15 is 0 Å². The molecule has 0 aliphatic rings. The highest BCUT2D eigenvalue weighted by molar-refractivity contribution is 5.73. The second kappa shape index (κ2) is 5.16. The highest BCUT2D eigenvalue weighted by atomic mass is 16.4. The molecule has 0 saturated heterocycles. The summed E-state index contributed by atoms with van der Waals surface area (Å²) in [6.45, 7) is 3.87. The maximum Gasteiger partial charge on any atom is 0.321 e. The van der Waals surface area contributed by atoms with E-state index in [0.717, 1.165) is 6.42 Å². The van der Waals surface area contributed by atoms with Crippen molar-refractivity contribution in [2.75, 3.05) is 13.2 Å². The van der Waals surface area contributed by atoms with Crippen molar-refractivity contribution in [3.8, 4) is 0 Å². The number of carbonyl (C=O) groups is 1. The molecule has 0 radical (unpaired) electrons. The Bertz CT molecular complexity index is 169. The first-order valence-electron chi connectivity index (χ1n) is 4.29. The molecule has 0 bridgehead atoms. The Kier molecular flexibility index (Phi) is 4.90. The molecule has 5 nitrogen and oxygen atoms in total. The van der Waals surface area contributed by atoms with E-state index in [0.29, 0.717) is 0 Å². The summed E-state index contributed by atoms with van der Waals surface area (Å²) in [6, 6.07) is -0.919. The molecule has 78 valence electrons. The van der Waals surface area contributed by atoms with E-state index in [1.54, 1.807) is 0 Å². The van der Waals surface area contributed by atoms with Crippen LogP contribution in [0.15, 0.2) is 0 Å². The van der Waals surface area contributed by atoms with Crippen LogP contribution in [0, 0.1) is 0 Å². The molecule has 2 atom stereocenters. The van der Waals surface area contributed by atoms with E-state index in [2.05, 4.69) is 5.32 Å². The second-order valence-corrected chi connectivity index (χ2v) is 3.40. The van der Waals surface area contributed by atoms with Crippen molar-refractivity contribution < 1.29 is 15.0 Å². The fourth-order valence-corrected chi connectivity index (χ4v) is 0.736. The minimum absolute atomic E-state index is 0.0319. The van der Waals surface area contributed by atoms with Crippen LogP contribution >= 0.6 is 0 Å². The maximum absolute atomic E-state index is 10.4. The lowest BCUT2D eigenvalue weighted by Crippen LogP contribution is -2.51. The van der Waals surface area contributed by atoms with Crippen molar-refractivity contribution in [2.45, 2.75) is 31.8 Å². The van der Waals surface area contributed by atoms with Gasteiger partial charge in [-0.15, -0.1) is 0 Å². The number of nitrogens with one attached hydrogen (secondary N) is 1. The van der Waals surface area contributed by atoms with Gasteiger partial charge in [0.1, 0.15) is 6.04 Å². The molecule has 13 heavy (non-hydrogen) atoms. The van der Waals surface area contributed by atoms with Gasteiger partial charge < -0.3 is 21.3 Å². The molecule has 0 rings (SSSR count). The highest BCUT2D eigenvalue weighted by Gasteiger charge is 2.22. The summed E-state index contributed by atoms with van der Waals surface area (Å²) in [6.07, 6.45) is 0.718. The van der Waals surface area contributed by atoms with E-state index in [9.17, 15) is 4.79 Å². The van der Waals surface area contributed by atoms with Crippen LogP contribution in [0.3, 0.4) is 0 Å². The molecule has 0 aliphatic heterocycles. The summed E-state index contributed by atoms with van der Waals surface area (Å²) in [5.41, 5.74) is 4.85. The molecular weight excluding hydrogens is 172 g/mol. The molecule has 5 N–H and O–H groups in total. The summed E-state index contributed by atoms with van der Waals surface area (Å²) in [5.74, 6) is -1.04. The van der Waals surface area contributed by atoms with Gasteiger partial charge in [-0.25, -0.2) is 0 Å². The normalized spacial score (nSPS) is 17.8. The van der Waals surface area contributed by atoms with Crippen molar-refractivity contribution in [3.63, 3.8) is 0 Å². The lowest BCUT2D eigenvalue weighted by atomic mass is 10.00. The van der Waals surface area contributed by atoms with Gasteiger partial charge in [-0.1, -0.05) is 6.92 Å². The van der Waals surface area contributed by atoms with Crippen molar-refractivity contribution in [1.82, 2.24) is 5.32 Å². The molecule has 0 saturated carbocycles. The van der Waals surface area contributed by atoms with E-state index in [1.165, 1.54) is 0 Å². The van der Waals surface area contributed by atoms with E-state index in [1.807, 2.05) is 13.8 Å². The van der Waals surface area contributed by atoms with Gasteiger partial charge >= 0.3 is 5.97 Å². The minimum Gasteiger partial charge on any atom is -0.480 e. The molecule has 0 fully saturated rings. The number of hydrogen-bond acceptors (Lipinski definition) is 4. The van der Waals surface area contributed by atoms with Gasteiger partial charge in [0.05, 0.1) is 6.61 Å². The SMILES string of the molecule is CCC(C)(CO)NCC(N)C(=O)O. The van der Waals surface area contributed by atoms with Gasteiger partial charge in [0.15, 0.2) is 0 Å². The standard InChI is InChI=1S/C8H18N2O3/c1-3-8(2,5-11)10-4-6(9)7(12)13/h6,10-11H,3-5,9H2,1-2H3,(H,12,13). The number of rotatable bonds is 6. The lowest BCUT2D eigenvalue weighted by Gasteiger charge is -2.28. The molecule has 0 amide bonds. The Morgan fingerprint density at radius 3 is 2.54 bits per heavy atom. The molecule has 0 aromatic carbocycles. The predicted octanol–water partition coefficient (Wildman–Crippen LogP) is -0.851. The molecule has 0 aromatic heterocycles. The Labute approximate surface area is 77.9 Å². The minimum atomic E-state index is -1.04. The molecule has 0 aliphatic carbocycles. The van der Waals surface area contributed by atoms with E-state index in [-0.39, 0.29) is 13.2 Å². The summed E-state index contributed by atoms with van der Waals surface area (Å²) in [4.78, 5) is 10.4. The summed E-state index contributed by atoms with van der Waals surface area (Å²) >= 11 is 0. The van der Waals surface area contributed by atoms with Gasteiger partial charge in [0, 0.05) is 12.1 Å². The lowest BCUT2D eigenvalue weighted by molar-refractivity contribution is -0.138. The van der Waals surface area contributed by atoms with Gasteiger partial charge in [0.25, 0.3) is 0 Å². The summed E-state index contributed by atoms with van der Waals surface area (Å²) < 4.78 is 0. The molecule has 0 heterocycles. The van der Waals surface area contributed by atoms with E-state index < -0.39 is 17.6 Å². The number of aliphatic hydroxyl groups excluding tert-OH is 1. The van der Waals surface area contributed by atoms with Gasteiger partial charge in [-0.3, -0.25) is 4.79 Å². The molecule has 0 spiro atoms. The number of aliphatic carboxylic acids is 1. The van der Waals surface area contributed by atoms with Crippen LogP contribution in [-0.4, -0.2) is 40.9 Å². The topological polar surface area (TPSA) is 95.6 Å². The number of carboxylic acid groups (broad SMARTS) is 1. The van der Waals surface area contributed by atoms with Gasteiger partial charge in [0.2, 0.25) is 0 Å². The van der Waals surface area contributed by atoms with Crippen molar-refractivity contribution in [1.29, 1.82) is 0 Å². The fraction of sp³-hybridized carbons (Fsp3) is 0.875. The first kappa shape index (κ1) is 12.3. The van der Waals surface area contributed by atoms with Crippen LogP contribution in [0.5, 0.6) is 0 Å². The molecule has 0 aromatic rings. The van der Waals surface area contributed by atoms with Crippen molar-refractivity contribution in [3.05, 3.63) is 0 Å². The van der Waals surface area contributed by atoms with Crippen LogP contribution < -0.4 is 11.1 Å². The summed E-state index contributed by atoms with van der Waals surface area (Å²) in [5, 5.41) is 20.4. The largest absolute Gasteiger partial charge is 0.480 e. The molecule has 2 unspecified atom stereocenters.